The summed E-state index contributed by atoms with van der Waals surface area (Å²) in [4.78, 5) is 27.1. The van der Waals surface area contributed by atoms with E-state index in [9.17, 15) is 22.4 Å². The van der Waals surface area contributed by atoms with Crippen molar-refractivity contribution < 1.29 is 22.4 Å². The molecule has 0 atom stereocenters. The maximum absolute atomic E-state index is 13.4. The first-order valence-electron chi connectivity index (χ1n) is 10.7. The number of urea groups is 2. The van der Waals surface area contributed by atoms with Crippen molar-refractivity contribution in [2.24, 2.45) is 0 Å². The van der Waals surface area contributed by atoms with Crippen LogP contribution in [0.1, 0.15) is 23.1 Å². The van der Waals surface area contributed by atoms with Crippen LogP contribution in [0.4, 0.5) is 19.7 Å². The van der Waals surface area contributed by atoms with Gasteiger partial charge in [-0.2, -0.15) is 12.7 Å². The van der Waals surface area contributed by atoms with Crippen molar-refractivity contribution >= 4 is 33.5 Å². The number of carbonyl (C=O) groups is 2. The van der Waals surface area contributed by atoms with Gasteiger partial charge >= 0.3 is 22.3 Å². The van der Waals surface area contributed by atoms with E-state index in [1.807, 2.05) is 22.9 Å². The van der Waals surface area contributed by atoms with Gasteiger partial charge in [0.05, 0.1) is 0 Å². The molecule has 2 heterocycles. The first kappa shape index (κ1) is 23.7. The van der Waals surface area contributed by atoms with Crippen molar-refractivity contribution in [1.82, 2.24) is 18.8 Å². The molecule has 0 fully saturated rings. The smallest absolute Gasteiger partial charge is 0.330 e. The fraction of sp³-hybridized carbons (Fsp3) is 0.304. The highest BCUT2D eigenvalue weighted by Gasteiger charge is 2.27. The second-order valence-electron chi connectivity index (χ2n) is 8.42. The average molecular weight is 488 g/mol. The lowest BCUT2D eigenvalue weighted by molar-refractivity contribution is 0.212. The Morgan fingerprint density at radius 3 is 2.38 bits per heavy atom. The molecule has 0 unspecified atom stereocenters. The van der Waals surface area contributed by atoms with Crippen LogP contribution in [0, 0.1) is 5.82 Å². The Labute approximate surface area is 198 Å². The van der Waals surface area contributed by atoms with Gasteiger partial charge in [-0.25, -0.2) is 18.7 Å². The van der Waals surface area contributed by atoms with E-state index in [0.717, 1.165) is 27.2 Å². The van der Waals surface area contributed by atoms with Crippen LogP contribution >= 0.6 is 0 Å². The lowest BCUT2D eigenvalue weighted by Crippen LogP contribution is -2.48. The highest BCUT2D eigenvalue weighted by atomic mass is 32.2. The Kier molecular flexibility index (Phi) is 6.58. The third-order valence-corrected chi connectivity index (χ3v) is 7.26. The van der Waals surface area contributed by atoms with Crippen LogP contribution in [0.25, 0.3) is 5.57 Å². The summed E-state index contributed by atoms with van der Waals surface area (Å²) in [5.74, 6) is -0.312. The standard InChI is InChI=1S/C23H26FN5O4S/c1-27(2)23(31)26-34(32,33)29-11-9-17(10-12-29)16-4-7-21(8-5-16)25-22(30)28-14-18-3-6-20(24)13-19(18)15-28/h3-9,13H,10-12,14-15H2,1-2H3,(H,25,30)(H,26,31). The second kappa shape index (κ2) is 9.43. The number of rotatable bonds is 4. The van der Waals surface area contributed by atoms with Gasteiger partial charge in [0.25, 0.3) is 0 Å². The van der Waals surface area contributed by atoms with Crippen LogP contribution in [0.2, 0.25) is 0 Å². The molecule has 2 aromatic rings. The molecule has 0 aromatic heterocycles. The topological polar surface area (TPSA) is 102 Å². The third-order valence-electron chi connectivity index (χ3n) is 5.82. The van der Waals surface area contributed by atoms with Crippen LogP contribution in [-0.2, 0) is 23.3 Å². The van der Waals surface area contributed by atoms with E-state index in [0.29, 0.717) is 25.2 Å². The normalized spacial score (nSPS) is 16.0. The minimum Gasteiger partial charge on any atom is -0.330 e. The Morgan fingerprint density at radius 2 is 1.74 bits per heavy atom. The number of halogens is 1. The van der Waals surface area contributed by atoms with Crippen molar-refractivity contribution in [3.8, 4) is 0 Å². The van der Waals surface area contributed by atoms with Crippen molar-refractivity contribution in [3.05, 3.63) is 71.0 Å². The molecule has 180 valence electrons. The number of anilines is 1. The zero-order valence-corrected chi connectivity index (χ0v) is 19.7. The summed E-state index contributed by atoms with van der Waals surface area (Å²) >= 11 is 0. The average Bonchev–Trinajstić information content (AvgIpc) is 3.23. The van der Waals surface area contributed by atoms with Gasteiger partial charge in [0.15, 0.2) is 0 Å². The summed E-state index contributed by atoms with van der Waals surface area (Å²) in [6.07, 6.45) is 2.31. The number of hydrogen-bond donors (Lipinski definition) is 2. The maximum atomic E-state index is 13.4. The summed E-state index contributed by atoms with van der Waals surface area (Å²) in [6, 6.07) is 10.9. The van der Waals surface area contributed by atoms with Crippen molar-refractivity contribution in [2.45, 2.75) is 19.5 Å². The van der Waals surface area contributed by atoms with Crippen molar-refractivity contribution in [1.29, 1.82) is 0 Å². The molecular weight excluding hydrogens is 461 g/mol. The lowest BCUT2D eigenvalue weighted by Gasteiger charge is -2.26. The van der Waals surface area contributed by atoms with Gasteiger partial charge in [-0.15, -0.1) is 0 Å². The highest BCUT2D eigenvalue weighted by Crippen LogP contribution is 2.26. The Hall–Kier alpha value is -3.44. The van der Waals surface area contributed by atoms with Crippen LogP contribution < -0.4 is 10.0 Å². The molecule has 4 rings (SSSR count). The lowest BCUT2D eigenvalue weighted by atomic mass is 10.0. The van der Waals surface area contributed by atoms with Crippen LogP contribution in [-0.4, -0.2) is 61.8 Å². The van der Waals surface area contributed by atoms with E-state index in [-0.39, 0.29) is 24.9 Å². The monoisotopic (exact) mass is 487 g/mol. The van der Waals surface area contributed by atoms with Crippen molar-refractivity contribution in [3.63, 3.8) is 0 Å². The van der Waals surface area contributed by atoms with Gasteiger partial charge in [-0.3, -0.25) is 0 Å². The number of hydrogen-bond acceptors (Lipinski definition) is 4. The number of amides is 4. The van der Waals surface area contributed by atoms with E-state index in [4.69, 9.17) is 0 Å². The molecule has 0 bridgehead atoms. The number of nitrogens with zero attached hydrogens (tertiary/aromatic N) is 3. The molecule has 0 aliphatic carbocycles. The fourth-order valence-corrected chi connectivity index (χ4v) is 5.01. The molecule has 9 nitrogen and oxygen atoms in total. The zero-order chi connectivity index (χ0) is 24.5. The highest BCUT2D eigenvalue weighted by molar-refractivity contribution is 7.87. The largest absolute Gasteiger partial charge is 0.331 e. The SMILES string of the molecule is CN(C)C(=O)NS(=O)(=O)N1CC=C(c2ccc(NC(=O)N3Cc4ccc(F)cc4C3)cc2)CC1. The molecule has 0 spiro atoms. The molecule has 11 heteroatoms. The van der Waals surface area contributed by atoms with E-state index in [1.54, 1.807) is 23.1 Å². The first-order valence-corrected chi connectivity index (χ1v) is 12.2. The van der Waals surface area contributed by atoms with Gasteiger partial charge in [0, 0.05) is 46.0 Å². The molecule has 0 saturated heterocycles. The molecule has 0 radical (unpaired) electrons. The predicted octanol–water partition coefficient (Wildman–Crippen LogP) is 2.98. The fourth-order valence-electron chi connectivity index (χ4n) is 3.87. The Morgan fingerprint density at radius 1 is 1.03 bits per heavy atom. The van der Waals surface area contributed by atoms with Gasteiger partial charge in [0.2, 0.25) is 0 Å². The molecule has 2 aliphatic rings. The summed E-state index contributed by atoms with van der Waals surface area (Å²) in [5.41, 5.74) is 4.29. The van der Waals surface area contributed by atoms with Crippen LogP contribution in [0.5, 0.6) is 0 Å². The predicted molar refractivity (Wildman–Crippen MR) is 126 cm³/mol. The van der Waals surface area contributed by atoms with Crippen LogP contribution in [0.3, 0.4) is 0 Å². The van der Waals surface area contributed by atoms with E-state index >= 15 is 0 Å². The number of benzene rings is 2. The first-order chi connectivity index (χ1) is 16.1. The summed E-state index contributed by atoms with van der Waals surface area (Å²) in [6.45, 7) is 1.19. The Bertz CT molecular complexity index is 1240. The second-order valence-corrected chi connectivity index (χ2v) is 10.1. The summed E-state index contributed by atoms with van der Waals surface area (Å²) in [5, 5.41) is 2.86. The summed E-state index contributed by atoms with van der Waals surface area (Å²) < 4.78 is 41.4. The van der Waals surface area contributed by atoms with Gasteiger partial charge < -0.3 is 15.1 Å². The maximum Gasteiger partial charge on any atom is 0.331 e. The molecule has 0 saturated carbocycles. The minimum atomic E-state index is -3.91. The quantitative estimate of drug-likeness (QED) is 0.692. The van der Waals surface area contributed by atoms with E-state index in [2.05, 4.69) is 5.32 Å². The number of fused-ring (bicyclic) bond motifs is 1. The van der Waals surface area contributed by atoms with Gasteiger partial charge in [-0.1, -0.05) is 24.3 Å². The molecular formula is C23H26FN5O4S. The van der Waals surface area contributed by atoms with E-state index in [1.165, 1.54) is 30.5 Å². The van der Waals surface area contributed by atoms with Crippen molar-refractivity contribution in [2.75, 3.05) is 32.5 Å². The molecule has 4 amide bonds. The molecule has 2 aliphatic heterocycles. The summed E-state index contributed by atoms with van der Waals surface area (Å²) in [7, 11) is -0.972. The third kappa shape index (κ3) is 5.20. The zero-order valence-electron chi connectivity index (χ0n) is 18.9. The van der Waals surface area contributed by atoms with Gasteiger partial charge in [0.1, 0.15) is 5.82 Å². The number of nitrogens with one attached hydrogen (secondary N) is 2. The molecule has 34 heavy (non-hydrogen) atoms. The Balaban J connectivity index is 1.34. The van der Waals surface area contributed by atoms with Crippen LogP contribution in [0.15, 0.2) is 48.5 Å². The van der Waals surface area contributed by atoms with Gasteiger partial charge in [-0.05, 0) is 52.9 Å². The minimum absolute atomic E-state index is 0.153. The number of carbonyl (C=O) groups excluding carboxylic acids is 2. The van der Waals surface area contributed by atoms with E-state index < -0.39 is 16.2 Å². The molecule has 2 N–H and O–H groups in total. The molecule has 2 aromatic carbocycles.